The Morgan fingerprint density at radius 1 is 1.17 bits per heavy atom. The van der Waals surface area contributed by atoms with Gasteiger partial charge in [0.15, 0.2) is 0 Å². The predicted molar refractivity (Wildman–Crippen MR) is 121 cm³/mol. The molecule has 2 fully saturated rings. The molecule has 2 saturated heterocycles. The van der Waals surface area contributed by atoms with Gasteiger partial charge < -0.3 is 24.4 Å². The molecule has 4 rings (SSSR count). The molecule has 0 aromatic heterocycles. The highest BCUT2D eigenvalue weighted by atomic mass is 19.4. The Labute approximate surface area is 201 Å². The van der Waals surface area contributed by atoms with E-state index < -0.39 is 22.7 Å². The molecule has 186 valence electrons. The number of hydrogen-bond donors (Lipinski definition) is 1. The Balaban J connectivity index is 1.57. The average molecular weight is 489 g/mol. The number of halogens is 3. The molecule has 0 aliphatic carbocycles. The molecular weight excluding hydrogens is 463 g/mol. The Bertz CT molecular complexity index is 1140. The maximum absolute atomic E-state index is 13.5. The van der Waals surface area contributed by atoms with Gasteiger partial charge in [-0.3, -0.25) is 4.79 Å². The van der Waals surface area contributed by atoms with E-state index in [1.54, 1.807) is 29.2 Å². The van der Waals surface area contributed by atoms with Gasteiger partial charge in [0.05, 0.1) is 38.0 Å². The largest absolute Gasteiger partial charge is 0.497 e. The van der Waals surface area contributed by atoms with Crippen LogP contribution in [-0.4, -0.2) is 62.9 Å². The first-order chi connectivity index (χ1) is 16.6. The second-order valence-electron chi connectivity index (χ2n) is 9.04. The summed E-state index contributed by atoms with van der Waals surface area (Å²) in [5, 5.41) is 19.3. The second-order valence-corrected chi connectivity index (χ2v) is 9.04. The summed E-state index contributed by atoms with van der Waals surface area (Å²) in [6.45, 7) is 1.39. The van der Waals surface area contributed by atoms with E-state index >= 15 is 0 Å². The van der Waals surface area contributed by atoms with Crippen molar-refractivity contribution >= 4 is 11.6 Å². The molecular formula is C25H26F3N3O4. The van der Waals surface area contributed by atoms with Crippen molar-refractivity contribution in [3.8, 4) is 17.6 Å². The van der Waals surface area contributed by atoms with Gasteiger partial charge in [-0.15, -0.1) is 0 Å². The van der Waals surface area contributed by atoms with E-state index in [1.165, 1.54) is 26.4 Å². The lowest BCUT2D eigenvalue weighted by Crippen LogP contribution is -2.49. The number of piperidine rings is 1. The van der Waals surface area contributed by atoms with Crippen molar-refractivity contribution in [2.75, 3.05) is 51.9 Å². The van der Waals surface area contributed by atoms with Gasteiger partial charge in [0.2, 0.25) is 0 Å². The molecule has 0 radical (unpaired) electrons. The van der Waals surface area contributed by atoms with Crippen LogP contribution in [0.4, 0.5) is 18.9 Å². The first-order valence-electron chi connectivity index (χ1n) is 11.1. The maximum atomic E-state index is 13.5. The van der Waals surface area contributed by atoms with Gasteiger partial charge in [-0.1, -0.05) is 0 Å². The number of likely N-dealkylation sites (tertiary alicyclic amines) is 1. The van der Waals surface area contributed by atoms with Crippen LogP contribution in [0.1, 0.15) is 27.9 Å². The first kappa shape index (κ1) is 24.7. The molecule has 2 aromatic carbocycles. The van der Waals surface area contributed by atoms with Gasteiger partial charge in [-0.25, -0.2) is 0 Å². The number of fused-ring (bicyclic) bond motifs is 1. The maximum Gasteiger partial charge on any atom is 0.417 e. The highest BCUT2D eigenvalue weighted by Gasteiger charge is 2.50. The van der Waals surface area contributed by atoms with Crippen molar-refractivity contribution in [3.63, 3.8) is 0 Å². The van der Waals surface area contributed by atoms with E-state index in [1.807, 2.05) is 4.90 Å². The number of aliphatic hydroxyl groups excluding tert-OH is 1. The van der Waals surface area contributed by atoms with Crippen molar-refractivity contribution in [1.82, 2.24) is 4.90 Å². The van der Waals surface area contributed by atoms with Gasteiger partial charge in [-0.2, -0.15) is 18.4 Å². The molecule has 0 unspecified atom stereocenters. The van der Waals surface area contributed by atoms with Crippen LogP contribution >= 0.6 is 0 Å². The van der Waals surface area contributed by atoms with Crippen molar-refractivity contribution in [2.24, 2.45) is 11.3 Å². The van der Waals surface area contributed by atoms with Crippen LogP contribution in [0.15, 0.2) is 36.4 Å². The minimum Gasteiger partial charge on any atom is -0.497 e. The number of nitriles is 1. The van der Waals surface area contributed by atoms with E-state index in [9.17, 15) is 23.1 Å². The summed E-state index contributed by atoms with van der Waals surface area (Å²) in [6.07, 6.45) is -4.12. The number of anilines is 1. The number of alkyl halides is 3. The van der Waals surface area contributed by atoms with Gasteiger partial charge in [0.25, 0.3) is 5.91 Å². The lowest BCUT2D eigenvalue weighted by atomic mass is 9.73. The van der Waals surface area contributed by atoms with Gasteiger partial charge in [0, 0.05) is 54.8 Å². The smallest absolute Gasteiger partial charge is 0.417 e. The number of carbonyl (C=O) groups is 1. The minimum atomic E-state index is -4.64. The Morgan fingerprint density at radius 2 is 1.86 bits per heavy atom. The molecule has 35 heavy (non-hydrogen) atoms. The van der Waals surface area contributed by atoms with E-state index in [2.05, 4.69) is 0 Å². The van der Waals surface area contributed by atoms with Gasteiger partial charge in [0.1, 0.15) is 11.5 Å². The number of amides is 1. The number of ether oxygens (including phenoxy) is 2. The predicted octanol–water partition coefficient (Wildman–Crippen LogP) is 3.56. The number of carbonyl (C=O) groups excluding carboxylic acids is 1. The number of hydrogen-bond acceptors (Lipinski definition) is 6. The number of benzene rings is 2. The summed E-state index contributed by atoms with van der Waals surface area (Å²) >= 11 is 0. The van der Waals surface area contributed by atoms with Crippen molar-refractivity contribution in [1.29, 1.82) is 5.26 Å². The molecule has 2 aromatic rings. The summed E-state index contributed by atoms with van der Waals surface area (Å²) in [4.78, 5) is 16.8. The Kier molecular flexibility index (Phi) is 6.56. The molecule has 0 spiro atoms. The first-order valence-corrected chi connectivity index (χ1v) is 11.1. The van der Waals surface area contributed by atoms with Crippen LogP contribution in [-0.2, 0) is 6.18 Å². The second kappa shape index (κ2) is 9.30. The fourth-order valence-corrected chi connectivity index (χ4v) is 5.10. The van der Waals surface area contributed by atoms with Crippen molar-refractivity contribution in [2.45, 2.75) is 12.6 Å². The third-order valence-electron chi connectivity index (χ3n) is 7.13. The van der Waals surface area contributed by atoms with Crippen LogP contribution in [0.3, 0.4) is 0 Å². The third kappa shape index (κ3) is 4.60. The third-order valence-corrected chi connectivity index (χ3v) is 7.13. The summed E-state index contributed by atoms with van der Waals surface area (Å²) in [5.41, 5.74) is -1.16. The lowest BCUT2D eigenvalue weighted by Gasteiger charge is -2.43. The Morgan fingerprint density at radius 3 is 2.43 bits per heavy atom. The van der Waals surface area contributed by atoms with Crippen LogP contribution in [0.2, 0.25) is 0 Å². The van der Waals surface area contributed by atoms with E-state index in [-0.39, 0.29) is 18.4 Å². The normalized spacial score (nSPS) is 21.9. The molecule has 0 bridgehead atoms. The fraction of sp³-hybridized carbons (Fsp3) is 0.440. The summed E-state index contributed by atoms with van der Waals surface area (Å²) in [6, 6.07) is 10.2. The Hall–Kier alpha value is -3.45. The molecule has 2 atom stereocenters. The molecule has 0 saturated carbocycles. The number of methoxy groups -OCH3 is 2. The van der Waals surface area contributed by atoms with Crippen molar-refractivity contribution in [3.05, 3.63) is 53.1 Å². The summed E-state index contributed by atoms with van der Waals surface area (Å²) in [7, 11) is 2.99. The summed E-state index contributed by atoms with van der Waals surface area (Å²) < 4.78 is 50.9. The zero-order valence-corrected chi connectivity index (χ0v) is 19.4. The quantitative estimate of drug-likeness (QED) is 0.692. The molecule has 2 heterocycles. The fourth-order valence-electron chi connectivity index (χ4n) is 5.10. The molecule has 7 nitrogen and oxygen atoms in total. The molecule has 10 heteroatoms. The number of rotatable bonds is 5. The van der Waals surface area contributed by atoms with Gasteiger partial charge in [-0.05, 0) is 36.8 Å². The van der Waals surface area contributed by atoms with Crippen LogP contribution < -0.4 is 14.4 Å². The highest BCUT2D eigenvalue weighted by molar-refractivity contribution is 5.95. The summed E-state index contributed by atoms with van der Waals surface area (Å²) in [5.74, 6) is 0.596. The molecule has 2 aliphatic heterocycles. The zero-order chi connectivity index (χ0) is 25.4. The average Bonchev–Trinajstić information content (AvgIpc) is 3.26. The van der Waals surface area contributed by atoms with E-state index in [0.29, 0.717) is 55.3 Å². The minimum absolute atomic E-state index is 0.127. The number of aliphatic hydroxyl groups is 1. The number of nitrogens with zero attached hydrogens (tertiary/aromatic N) is 3. The van der Waals surface area contributed by atoms with Crippen LogP contribution in [0.25, 0.3) is 0 Å². The molecule has 1 N–H and O–H groups in total. The SMILES string of the molecule is COc1cc(OC)cc(C(=O)N2C[C@H]3CN(c4ccc(C#N)c(C(F)(F)F)c4)CC[C@@]3(CO)C2)c1. The standard InChI is InChI=1S/C25H26F3N3O4/c1-34-20-7-17(8-21(10-20)35-2)23(33)31-13-18-12-30(6-5-24(18,14-31)15-32)19-4-3-16(11-29)22(9-19)25(26,27)28/h3-4,7-10,18,32H,5-6,12-15H2,1-2H3/t18-,24+/m1/s1. The highest BCUT2D eigenvalue weighted by Crippen LogP contribution is 2.45. The van der Waals surface area contributed by atoms with E-state index in [4.69, 9.17) is 14.7 Å². The van der Waals surface area contributed by atoms with Crippen LogP contribution in [0.5, 0.6) is 11.5 Å². The molecule has 1 amide bonds. The lowest BCUT2D eigenvalue weighted by molar-refractivity contribution is -0.137. The van der Waals surface area contributed by atoms with Crippen LogP contribution in [0, 0.1) is 22.7 Å². The van der Waals surface area contributed by atoms with E-state index in [0.717, 1.165) is 6.07 Å². The molecule has 2 aliphatic rings. The zero-order valence-electron chi connectivity index (χ0n) is 19.4. The van der Waals surface area contributed by atoms with Crippen molar-refractivity contribution < 1.29 is 32.5 Å². The topological polar surface area (TPSA) is 86.0 Å². The van der Waals surface area contributed by atoms with Gasteiger partial charge >= 0.3 is 6.18 Å². The monoisotopic (exact) mass is 489 g/mol.